The lowest BCUT2D eigenvalue weighted by Crippen LogP contribution is -2.32. The van der Waals surface area contributed by atoms with Crippen LogP contribution in [0.4, 0.5) is 0 Å². The number of rotatable bonds is 5. The molecule has 7 nitrogen and oxygen atoms in total. The van der Waals surface area contributed by atoms with Crippen LogP contribution in [-0.4, -0.2) is 43.1 Å². The highest BCUT2D eigenvalue weighted by Gasteiger charge is 2.18. The van der Waals surface area contributed by atoms with E-state index in [2.05, 4.69) is 5.32 Å². The molecule has 1 heterocycles. The number of esters is 2. The molecule has 0 fully saturated rings. The molecule has 7 heteroatoms. The lowest BCUT2D eigenvalue weighted by atomic mass is 10.2. The first-order chi connectivity index (χ1) is 11.5. The van der Waals surface area contributed by atoms with Crippen molar-refractivity contribution < 1.29 is 23.9 Å². The Balaban J connectivity index is 1.97. The minimum Gasteiger partial charge on any atom is -0.441 e. The van der Waals surface area contributed by atoms with Crippen molar-refractivity contribution in [1.29, 1.82) is 0 Å². The van der Waals surface area contributed by atoms with Crippen LogP contribution in [-0.2, 0) is 14.3 Å². The fourth-order valence-electron chi connectivity index (χ4n) is 2.10. The molecule has 1 N–H and O–H groups in total. The second-order valence-electron chi connectivity index (χ2n) is 5.01. The zero-order valence-electron chi connectivity index (χ0n) is 13.4. The molecular formula is C17H18N2O5. The van der Waals surface area contributed by atoms with E-state index < -0.39 is 11.9 Å². The Labute approximate surface area is 139 Å². The summed E-state index contributed by atoms with van der Waals surface area (Å²) in [5.74, 6) is -1.17. The second kappa shape index (κ2) is 7.96. The molecule has 2 rings (SSSR count). The minimum absolute atomic E-state index is 0.0297. The molecule has 0 aliphatic carbocycles. The van der Waals surface area contributed by atoms with Gasteiger partial charge in [-0.2, -0.15) is 0 Å². The number of para-hydroxylation sites is 1. The quantitative estimate of drug-likeness (QED) is 0.646. The molecule has 1 amide bonds. The van der Waals surface area contributed by atoms with Crippen molar-refractivity contribution in [2.24, 2.45) is 0 Å². The summed E-state index contributed by atoms with van der Waals surface area (Å²) in [5.41, 5.74) is 0.729. The van der Waals surface area contributed by atoms with E-state index in [9.17, 15) is 14.4 Å². The highest BCUT2D eigenvalue weighted by molar-refractivity contribution is 5.94. The average Bonchev–Trinajstić information content (AvgIpc) is 2.59. The Kier molecular flexibility index (Phi) is 5.73. The lowest BCUT2D eigenvalue weighted by Gasteiger charge is -2.23. The van der Waals surface area contributed by atoms with Gasteiger partial charge in [-0.1, -0.05) is 18.2 Å². The number of hydrogen-bond acceptors (Lipinski definition) is 6. The van der Waals surface area contributed by atoms with Crippen molar-refractivity contribution in [2.75, 3.05) is 20.3 Å². The van der Waals surface area contributed by atoms with Crippen LogP contribution in [0.1, 0.15) is 17.3 Å². The fourth-order valence-corrected chi connectivity index (χ4v) is 2.10. The van der Waals surface area contributed by atoms with Crippen LogP contribution in [0.5, 0.6) is 5.75 Å². The first kappa shape index (κ1) is 17.3. The second-order valence-corrected chi connectivity index (χ2v) is 5.01. The van der Waals surface area contributed by atoms with E-state index in [1.807, 2.05) is 0 Å². The van der Waals surface area contributed by atoms with Crippen molar-refractivity contribution in [3.8, 4) is 5.75 Å². The predicted molar refractivity (Wildman–Crippen MR) is 86.0 cm³/mol. The first-order valence-electron chi connectivity index (χ1n) is 7.29. The number of nitrogens with zero attached hydrogens (tertiary/aromatic N) is 1. The van der Waals surface area contributed by atoms with E-state index in [0.717, 1.165) is 0 Å². The van der Waals surface area contributed by atoms with Crippen molar-refractivity contribution in [1.82, 2.24) is 10.2 Å². The number of allylic oxidation sites excluding steroid dienone is 2. The fraction of sp³-hybridized carbons (Fsp3) is 0.235. The van der Waals surface area contributed by atoms with Crippen LogP contribution in [0.2, 0.25) is 0 Å². The maximum absolute atomic E-state index is 12.2. The van der Waals surface area contributed by atoms with Gasteiger partial charge in [0.1, 0.15) is 11.3 Å². The number of nitrogens with one attached hydrogen (secondary N) is 1. The number of ether oxygens (including phenoxy) is 2. The summed E-state index contributed by atoms with van der Waals surface area (Å²) in [6, 6.07) is 6.34. The summed E-state index contributed by atoms with van der Waals surface area (Å²) in [6.07, 6.45) is 5.12. The molecule has 0 spiro atoms. The maximum Gasteiger partial charge on any atom is 0.343 e. The van der Waals surface area contributed by atoms with Crippen LogP contribution in [0, 0.1) is 0 Å². The molecule has 0 atom stereocenters. The van der Waals surface area contributed by atoms with Crippen molar-refractivity contribution in [3.05, 3.63) is 53.8 Å². The van der Waals surface area contributed by atoms with Gasteiger partial charge in [0, 0.05) is 25.7 Å². The third kappa shape index (κ3) is 4.45. The van der Waals surface area contributed by atoms with Crippen LogP contribution in [0.25, 0.3) is 0 Å². The number of carbonyl (C=O) groups is 3. The summed E-state index contributed by atoms with van der Waals surface area (Å²) in [6.45, 7) is 1.56. The Morgan fingerprint density at radius 2 is 2.00 bits per heavy atom. The Hall–Kier alpha value is -3.09. The molecular weight excluding hydrogens is 312 g/mol. The molecule has 24 heavy (non-hydrogen) atoms. The molecule has 126 valence electrons. The molecule has 0 unspecified atom stereocenters. The largest absolute Gasteiger partial charge is 0.441 e. The van der Waals surface area contributed by atoms with E-state index in [4.69, 9.17) is 9.47 Å². The monoisotopic (exact) mass is 330 g/mol. The summed E-state index contributed by atoms with van der Waals surface area (Å²) >= 11 is 0. The molecule has 1 aliphatic heterocycles. The summed E-state index contributed by atoms with van der Waals surface area (Å²) < 4.78 is 10.2. The normalized spacial score (nSPS) is 13.1. The molecule has 0 saturated carbocycles. The van der Waals surface area contributed by atoms with E-state index in [1.54, 1.807) is 42.4 Å². The number of hydrogen-bond donors (Lipinski definition) is 1. The van der Waals surface area contributed by atoms with Crippen LogP contribution < -0.4 is 10.1 Å². The van der Waals surface area contributed by atoms with Crippen LogP contribution in [0.3, 0.4) is 0 Å². The number of carbonyl (C=O) groups excluding carboxylic acids is 3. The summed E-state index contributed by atoms with van der Waals surface area (Å²) in [4.78, 5) is 36.6. The first-order valence-corrected chi connectivity index (χ1v) is 7.29. The third-order valence-electron chi connectivity index (χ3n) is 3.21. The van der Waals surface area contributed by atoms with Crippen molar-refractivity contribution in [3.63, 3.8) is 0 Å². The Morgan fingerprint density at radius 1 is 1.25 bits per heavy atom. The number of likely N-dealkylation sites (N-methyl/N-ethyl adjacent to an activating group) is 1. The Bertz CT molecular complexity index is 709. The van der Waals surface area contributed by atoms with Gasteiger partial charge in [-0.25, -0.2) is 4.79 Å². The number of benzene rings is 1. The third-order valence-corrected chi connectivity index (χ3v) is 3.21. The SMILES string of the molecule is CNC(=O)C1=CC=CN(COC(=O)c2ccccc2OC(C)=O)C1. The minimum atomic E-state index is -0.615. The van der Waals surface area contributed by atoms with Crippen LogP contribution >= 0.6 is 0 Å². The van der Waals surface area contributed by atoms with Gasteiger partial charge in [-0.05, 0) is 18.2 Å². The van der Waals surface area contributed by atoms with Gasteiger partial charge in [0.05, 0.1) is 6.54 Å². The van der Waals surface area contributed by atoms with Gasteiger partial charge in [0.15, 0.2) is 6.73 Å². The Morgan fingerprint density at radius 3 is 2.71 bits per heavy atom. The highest BCUT2D eigenvalue weighted by atomic mass is 16.6. The average molecular weight is 330 g/mol. The smallest absolute Gasteiger partial charge is 0.343 e. The lowest BCUT2D eigenvalue weighted by molar-refractivity contribution is -0.131. The van der Waals surface area contributed by atoms with E-state index in [0.29, 0.717) is 12.1 Å². The van der Waals surface area contributed by atoms with Gasteiger partial charge in [-0.3, -0.25) is 9.59 Å². The zero-order chi connectivity index (χ0) is 17.5. The van der Waals surface area contributed by atoms with E-state index >= 15 is 0 Å². The van der Waals surface area contributed by atoms with Gasteiger partial charge < -0.3 is 19.7 Å². The molecule has 0 aromatic heterocycles. The van der Waals surface area contributed by atoms with Crippen molar-refractivity contribution in [2.45, 2.75) is 6.92 Å². The van der Waals surface area contributed by atoms with Gasteiger partial charge in [0.2, 0.25) is 5.91 Å². The van der Waals surface area contributed by atoms with Gasteiger partial charge in [-0.15, -0.1) is 0 Å². The topological polar surface area (TPSA) is 84.9 Å². The molecule has 0 saturated heterocycles. The summed E-state index contributed by atoms with van der Waals surface area (Å²) in [7, 11) is 1.55. The van der Waals surface area contributed by atoms with Gasteiger partial charge in [0.25, 0.3) is 0 Å². The van der Waals surface area contributed by atoms with Crippen molar-refractivity contribution >= 4 is 17.8 Å². The predicted octanol–water partition coefficient (Wildman–Crippen LogP) is 1.23. The molecule has 1 aromatic carbocycles. The van der Waals surface area contributed by atoms with E-state index in [1.165, 1.54) is 19.1 Å². The van der Waals surface area contributed by atoms with E-state index in [-0.39, 0.29) is 24.0 Å². The molecule has 1 aromatic rings. The standard InChI is InChI=1S/C17H18N2O5/c1-12(20)24-15-8-4-3-7-14(15)17(22)23-11-19-9-5-6-13(10-19)16(21)18-2/h3-9H,10-11H2,1-2H3,(H,18,21). The molecule has 1 aliphatic rings. The number of amides is 1. The molecule has 0 bridgehead atoms. The van der Waals surface area contributed by atoms with Gasteiger partial charge >= 0.3 is 11.9 Å². The maximum atomic E-state index is 12.2. The summed E-state index contributed by atoms with van der Waals surface area (Å²) in [5, 5.41) is 2.55. The highest BCUT2D eigenvalue weighted by Crippen LogP contribution is 2.19. The van der Waals surface area contributed by atoms with Crippen LogP contribution in [0.15, 0.2) is 48.2 Å². The molecule has 0 radical (unpaired) electrons. The zero-order valence-corrected chi connectivity index (χ0v) is 13.4.